The molecule has 3 aromatic rings. The van der Waals surface area contributed by atoms with Crippen molar-refractivity contribution in [1.82, 2.24) is 15.0 Å². The summed E-state index contributed by atoms with van der Waals surface area (Å²) < 4.78 is 0. The topological polar surface area (TPSA) is 50.7 Å². The van der Waals surface area contributed by atoms with Crippen molar-refractivity contribution < 1.29 is 0 Å². The van der Waals surface area contributed by atoms with E-state index in [1.165, 1.54) is 28.7 Å². The van der Waals surface area contributed by atoms with Gasteiger partial charge in [-0.15, -0.1) is 11.3 Å². The van der Waals surface area contributed by atoms with Crippen LogP contribution in [0.4, 0.5) is 5.82 Å². The molecule has 3 heterocycles. The Morgan fingerprint density at radius 1 is 1.27 bits per heavy atom. The Morgan fingerprint density at radius 3 is 3.09 bits per heavy atom. The van der Waals surface area contributed by atoms with Crippen LogP contribution in [0.5, 0.6) is 0 Å². The van der Waals surface area contributed by atoms with Crippen LogP contribution >= 0.6 is 11.3 Å². The monoisotopic (exact) mass is 310 g/mol. The Kier molecular flexibility index (Phi) is 3.50. The van der Waals surface area contributed by atoms with Crippen LogP contribution in [-0.4, -0.2) is 15.0 Å². The zero-order valence-corrected chi connectivity index (χ0v) is 13.4. The van der Waals surface area contributed by atoms with E-state index in [2.05, 4.69) is 27.2 Å². The third kappa shape index (κ3) is 2.46. The number of aryl methyl sites for hydroxylation is 1. The van der Waals surface area contributed by atoms with Crippen molar-refractivity contribution in [2.75, 3.05) is 5.32 Å². The molecule has 0 radical (unpaired) electrons. The molecule has 1 N–H and O–H groups in total. The summed E-state index contributed by atoms with van der Waals surface area (Å²) in [5.74, 6) is 1.72. The predicted molar refractivity (Wildman–Crippen MR) is 90.2 cm³/mol. The molecule has 0 amide bonds. The minimum absolute atomic E-state index is 0.688. The quantitative estimate of drug-likeness (QED) is 0.799. The molecule has 0 bridgehead atoms. The first-order chi connectivity index (χ1) is 10.8. The van der Waals surface area contributed by atoms with Crippen LogP contribution in [0.15, 0.2) is 30.7 Å². The molecule has 1 aliphatic rings. The molecule has 0 saturated heterocycles. The van der Waals surface area contributed by atoms with Gasteiger partial charge in [0.25, 0.3) is 0 Å². The molecule has 112 valence electrons. The molecule has 0 aliphatic heterocycles. The molecule has 0 saturated carbocycles. The zero-order chi connectivity index (χ0) is 14.9. The highest BCUT2D eigenvalue weighted by atomic mass is 32.1. The maximum absolute atomic E-state index is 4.48. The van der Waals surface area contributed by atoms with Gasteiger partial charge in [-0.05, 0) is 42.9 Å². The fraction of sp³-hybridized carbons (Fsp3) is 0.353. The van der Waals surface area contributed by atoms with Crippen molar-refractivity contribution in [1.29, 1.82) is 0 Å². The first-order valence-electron chi connectivity index (χ1n) is 7.70. The Morgan fingerprint density at radius 2 is 2.23 bits per heavy atom. The van der Waals surface area contributed by atoms with Gasteiger partial charge in [-0.2, -0.15) is 0 Å². The highest BCUT2D eigenvalue weighted by Crippen LogP contribution is 2.39. The van der Waals surface area contributed by atoms with Gasteiger partial charge in [0, 0.05) is 11.1 Å². The number of nitrogens with one attached hydrogen (secondary N) is 1. The summed E-state index contributed by atoms with van der Waals surface area (Å²) in [6.45, 7) is 3.02. The first kappa shape index (κ1) is 13.6. The summed E-state index contributed by atoms with van der Waals surface area (Å²) in [6, 6.07) is 5.96. The molecule has 0 unspecified atom stereocenters. The van der Waals surface area contributed by atoms with E-state index in [0.29, 0.717) is 6.54 Å². The van der Waals surface area contributed by atoms with Crippen LogP contribution in [0.3, 0.4) is 0 Å². The van der Waals surface area contributed by atoms with Crippen LogP contribution in [0.2, 0.25) is 0 Å². The maximum Gasteiger partial charge on any atom is 0.138 e. The molecule has 22 heavy (non-hydrogen) atoms. The lowest BCUT2D eigenvalue weighted by molar-refractivity contribution is 0.509. The Bertz CT molecular complexity index is 797. The van der Waals surface area contributed by atoms with Crippen LogP contribution in [-0.2, 0) is 19.4 Å². The Hall–Kier alpha value is -2.01. The minimum Gasteiger partial charge on any atom is -0.364 e. The second kappa shape index (κ2) is 5.65. The van der Waals surface area contributed by atoms with E-state index in [1.54, 1.807) is 6.33 Å². The normalized spacial score (nSPS) is 17.4. The van der Waals surface area contributed by atoms with Crippen molar-refractivity contribution >= 4 is 27.4 Å². The standard InChI is InChI=1S/C17H18N4S/c1-11-5-6-13-14(8-11)22-17-15(13)16(20-10-21-17)19-9-12-4-2-3-7-18-12/h2-4,7,10-11H,5-6,8-9H2,1H3,(H,19,20,21)/t11-/m1/s1. The zero-order valence-electron chi connectivity index (χ0n) is 12.5. The number of thiophene rings is 1. The number of aromatic nitrogens is 3. The molecule has 3 aromatic heterocycles. The van der Waals surface area contributed by atoms with Crippen LogP contribution < -0.4 is 5.32 Å². The van der Waals surface area contributed by atoms with Gasteiger partial charge < -0.3 is 5.32 Å². The van der Waals surface area contributed by atoms with Gasteiger partial charge in [-0.25, -0.2) is 9.97 Å². The highest BCUT2D eigenvalue weighted by Gasteiger charge is 2.22. The molecule has 0 spiro atoms. The van der Waals surface area contributed by atoms with E-state index in [4.69, 9.17) is 0 Å². The lowest BCUT2D eigenvalue weighted by Gasteiger charge is -2.18. The molecule has 0 aromatic carbocycles. The summed E-state index contributed by atoms with van der Waals surface area (Å²) >= 11 is 1.83. The van der Waals surface area contributed by atoms with Crippen LogP contribution in [0.25, 0.3) is 10.2 Å². The molecule has 4 rings (SSSR count). The summed E-state index contributed by atoms with van der Waals surface area (Å²) in [4.78, 5) is 15.9. The van der Waals surface area contributed by atoms with Gasteiger partial charge in [0.2, 0.25) is 0 Å². The average molecular weight is 310 g/mol. The van der Waals surface area contributed by atoms with Crippen LogP contribution in [0, 0.1) is 5.92 Å². The third-order valence-electron chi connectivity index (χ3n) is 4.25. The van der Waals surface area contributed by atoms with Crippen molar-refractivity contribution in [2.45, 2.75) is 32.7 Å². The second-order valence-electron chi connectivity index (χ2n) is 5.93. The van der Waals surface area contributed by atoms with E-state index < -0.39 is 0 Å². The highest BCUT2D eigenvalue weighted by molar-refractivity contribution is 7.19. The molecule has 0 fully saturated rings. The number of hydrogen-bond donors (Lipinski definition) is 1. The SMILES string of the molecule is C[C@@H]1CCc2c(sc3ncnc(NCc4ccccn4)c23)C1. The van der Waals surface area contributed by atoms with E-state index >= 15 is 0 Å². The van der Waals surface area contributed by atoms with Crippen molar-refractivity contribution in [3.63, 3.8) is 0 Å². The summed E-state index contributed by atoms with van der Waals surface area (Å²) in [5.41, 5.74) is 2.48. The van der Waals surface area contributed by atoms with Gasteiger partial charge in [-0.3, -0.25) is 4.98 Å². The average Bonchev–Trinajstić information content (AvgIpc) is 2.91. The molecule has 1 atom stereocenters. The van der Waals surface area contributed by atoms with E-state index in [1.807, 2.05) is 35.7 Å². The van der Waals surface area contributed by atoms with Gasteiger partial charge >= 0.3 is 0 Å². The molecule has 1 aliphatic carbocycles. The molecule has 4 nitrogen and oxygen atoms in total. The second-order valence-corrected chi connectivity index (χ2v) is 7.01. The largest absolute Gasteiger partial charge is 0.364 e. The lowest BCUT2D eigenvalue weighted by atomic mass is 9.89. The molecular formula is C17H18N4S. The number of hydrogen-bond acceptors (Lipinski definition) is 5. The van der Waals surface area contributed by atoms with E-state index in [0.717, 1.165) is 28.7 Å². The third-order valence-corrected chi connectivity index (χ3v) is 5.42. The lowest BCUT2D eigenvalue weighted by Crippen LogP contribution is -2.09. The van der Waals surface area contributed by atoms with E-state index in [9.17, 15) is 0 Å². The number of pyridine rings is 1. The fourth-order valence-corrected chi connectivity index (χ4v) is 4.44. The number of fused-ring (bicyclic) bond motifs is 3. The summed E-state index contributed by atoms with van der Waals surface area (Å²) in [5, 5.41) is 4.67. The molecule has 5 heteroatoms. The fourth-order valence-electron chi connectivity index (χ4n) is 3.09. The van der Waals surface area contributed by atoms with E-state index in [-0.39, 0.29) is 0 Å². The Balaban J connectivity index is 1.69. The minimum atomic E-state index is 0.688. The predicted octanol–water partition coefficient (Wildman–Crippen LogP) is 3.82. The smallest absolute Gasteiger partial charge is 0.138 e. The number of rotatable bonds is 3. The Labute approximate surface area is 133 Å². The summed E-state index contributed by atoms with van der Waals surface area (Å²) in [7, 11) is 0. The summed E-state index contributed by atoms with van der Waals surface area (Å²) in [6.07, 6.45) is 7.06. The van der Waals surface area contributed by atoms with Gasteiger partial charge in [-0.1, -0.05) is 13.0 Å². The van der Waals surface area contributed by atoms with Gasteiger partial charge in [0.05, 0.1) is 17.6 Å². The maximum atomic E-state index is 4.48. The van der Waals surface area contributed by atoms with Crippen LogP contribution in [0.1, 0.15) is 29.5 Å². The number of anilines is 1. The van der Waals surface area contributed by atoms with Crippen molar-refractivity contribution in [3.05, 3.63) is 46.9 Å². The van der Waals surface area contributed by atoms with Gasteiger partial charge in [0.1, 0.15) is 17.0 Å². The van der Waals surface area contributed by atoms with Gasteiger partial charge in [0.15, 0.2) is 0 Å². The van der Waals surface area contributed by atoms with Crippen molar-refractivity contribution in [3.8, 4) is 0 Å². The van der Waals surface area contributed by atoms with Crippen molar-refractivity contribution in [2.24, 2.45) is 5.92 Å². The number of nitrogens with zero attached hydrogens (tertiary/aromatic N) is 3. The first-order valence-corrected chi connectivity index (χ1v) is 8.52. The molecular weight excluding hydrogens is 292 g/mol.